The minimum Gasteiger partial charge on any atom is -0.427 e. The minimum absolute atomic E-state index is 0.576. The molecule has 0 saturated heterocycles. The van der Waals surface area contributed by atoms with Crippen LogP contribution in [0.15, 0.2) is 60.7 Å². The Balaban J connectivity index is 0.000000280. The second-order valence-electron chi connectivity index (χ2n) is 8.20. The van der Waals surface area contributed by atoms with Crippen LogP contribution in [0.25, 0.3) is 0 Å². The van der Waals surface area contributed by atoms with Crippen molar-refractivity contribution in [1.82, 2.24) is 0 Å². The molecule has 0 bridgehead atoms. The van der Waals surface area contributed by atoms with Crippen molar-refractivity contribution >= 4 is 27.0 Å². The highest BCUT2D eigenvalue weighted by atomic mass is 28.4. The number of rotatable bonds is 9. The molecule has 0 aromatic heterocycles. The third-order valence-corrected chi connectivity index (χ3v) is 13.3. The third kappa shape index (κ3) is 7.66. The van der Waals surface area contributed by atoms with Crippen molar-refractivity contribution in [2.45, 2.75) is 71.6 Å². The lowest BCUT2D eigenvalue weighted by atomic mass is 10.3. The van der Waals surface area contributed by atoms with Crippen LogP contribution in [0.5, 0.6) is 0 Å². The van der Waals surface area contributed by atoms with Crippen LogP contribution in [0.2, 0.25) is 24.2 Å². The summed E-state index contributed by atoms with van der Waals surface area (Å²) in [5.74, 6) is 0.576. The largest absolute Gasteiger partial charge is 0.427 e. The summed E-state index contributed by atoms with van der Waals surface area (Å²) in [5.41, 5.74) is 0. The SMILES string of the molecule is CCCC[Si](O)(CC)c1ccccc1.CC[Si](O)(CC(C)C)c1ccccc1. The number of hydrogen-bond donors (Lipinski definition) is 2. The third-order valence-electron chi connectivity index (χ3n) is 5.48. The average Bonchev–Trinajstić information content (AvgIpc) is 2.73. The molecule has 0 amide bonds. The van der Waals surface area contributed by atoms with Gasteiger partial charge < -0.3 is 9.59 Å². The van der Waals surface area contributed by atoms with Crippen molar-refractivity contribution in [3.63, 3.8) is 0 Å². The molecule has 0 aliphatic rings. The molecule has 0 spiro atoms. The normalized spacial score (nSPS) is 15.3. The van der Waals surface area contributed by atoms with E-state index in [1.807, 2.05) is 36.4 Å². The molecule has 0 aliphatic heterocycles. The molecule has 2 aromatic rings. The smallest absolute Gasteiger partial charge is 0.220 e. The minimum atomic E-state index is -2.16. The summed E-state index contributed by atoms with van der Waals surface area (Å²) in [7, 11) is -4.28. The zero-order valence-corrected chi connectivity index (χ0v) is 20.5. The van der Waals surface area contributed by atoms with Gasteiger partial charge in [0.05, 0.1) is 0 Å². The molecule has 0 fully saturated rings. The summed E-state index contributed by atoms with van der Waals surface area (Å²) in [4.78, 5) is 21.2. The zero-order chi connectivity index (χ0) is 21.0. The lowest BCUT2D eigenvalue weighted by Crippen LogP contribution is -2.48. The molecule has 0 aliphatic carbocycles. The van der Waals surface area contributed by atoms with Crippen molar-refractivity contribution in [3.8, 4) is 0 Å². The molecule has 0 saturated carbocycles. The zero-order valence-electron chi connectivity index (χ0n) is 18.5. The molecule has 2 N–H and O–H groups in total. The number of hydrogen-bond acceptors (Lipinski definition) is 2. The van der Waals surface area contributed by atoms with E-state index < -0.39 is 16.6 Å². The van der Waals surface area contributed by atoms with E-state index in [4.69, 9.17) is 0 Å². The fourth-order valence-corrected chi connectivity index (χ4v) is 9.53. The average molecular weight is 417 g/mol. The summed E-state index contributed by atoms with van der Waals surface area (Å²) in [6.07, 6.45) is 2.31. The fraction of sp³-hybridized carbons (Fsp3) is 0.500. The van der Waals surface area contributed by atoms with Crippen LogP contribution >= 0.6 is 0 Å². The molecule has 0 radical (unpaired) electrons. The first kappa shape index (κ1) is 24.8. The number of unbranched alkanes of at least 4 members (excludes halogenated alkanes) is 1. The summed E-state index contributed by atoms with van der Waals surface area (Å²) in [5, 5.41) is 2.37. The predicted molar refractivity (Wildman–Crippen MR) is 128 cm³/mol. The Morgan fingerprint density at radius 2 is 1.14 bits per heavy atom. The van der Waals surface area contributed by atoms with Crippen LogP contribution in [0.3, 0.4) is 0 Å². The lowest BCUT2D eigenvalue weighted by Gasteiger charge is -2.26. The first-order chi connectivity index (χ1) is 13.3. The fourth-order valence-electron chi connectivity index (χ4n) is 3.63. The van der Waals surface area contributed by atoms with Crippen LogP contribution < -0.4 is 10.4 Å². The van der Waals surface area contributed by atoms with E-state index >= 15 is 0 Å². The molecule has 2 aromatic carbocycles. The highest BCUT2D eigenvalue weighted by Gasteiger charge is 2.32. The Morgan fingerprint density at radius 3 is 1.50 bits per heavy atom. The standard InChI is InChI=1S/2C12H20OSi/c1-4-14(13,10-11(2)3)12-8-6-5-7-9-12;1-3-5-11-14(13,4-2)12-9-7-6-8-10-12/h5-9,11,13H,4,10H2,1-3H3;6-10,13H,3-5,11H2,1-2H3. The van der Waals surface area contributed by atoms with Crippen molar-refractivity contribution in [2.24, 2.45) is 5.92 Å². The summed E-state index contributed by atoms with van der Waals surface area (Å²) < 4.78 is 0. The second kappa shape index (κ2) is 12.4. The Bertz CT molecular complexity index is 648. The van der Waals surface area contributed by atoms with Gasteiger partial charge in [-0.15, -0.1) is 0 Å². The van der Waals surface area contributed by atoms with E-state index in [-0.39, 0.29) is 0 Å². The molecule has 4 heteroatoms. The van der Waals surface area contributed by atoms with Crippen LogP contribution in [0.4, 0.5) is 0 Å². The van der Waals surface area contributed by atoms with Gasteiger partial charge in [0, 0.05) is 0 Å². The Kier molecular flexibility index (Phi) is 11.0. The van der Waals surface area contributed by atoms with E-state index in [2.05, 4.69) is 58.9 Å². The maximum absolute atomic E-state index is 10.6. The lowest BCUT2D eigenvalue weighted by molar-refractivity contribution is 0.526. The molecular formula is C24H40O2Si2. The molecule has 2 rings (SSSR count). The van der Waals surface area contributed by atoms with Gasteiger partial charge in [-0.2, -0.15) is 0 Å². The first-order valence-electron chi connectivity index (χ1n) is 10.9. The molecule has 2 unspecified atom stereocenters. The predicted octanol–water partition coefficient (Wildman–Crippen LogP) is 5.16. The van der Waals surface area contributed by atoms with Gasteiger partial charge in [-0.1, -0.05) is 108 Å². The van der Waals surface area contributed by atoms with Gasteiger partial charge in [0.2, 0.25) is 16.6 Å². The summed E-state index contributed by atoms with van der Waals surface area (Å²) in [6, 6.07) is 24.2. The van der Waals surface area contributed by atoms with Gasteiger partial charge in [-0.05, 0) is 40.5 Å². The van der Waals surface area contributed by atoms with Gasteiger partial charge in [0.25, 0.3) is 0 Å². The topological polar surface area (TPSA) is 40.5 Å². The van der Waals surface area contributed by atoms with Crippen LogP contribution in [-0.4, -0.2) is 26.2 Å². The van der Waals surface area contributed by atoms with E-state index in [0.29, 0.717) is 5.92 Å². The first-order valence-corrected chi connectivity index (χ1v) is 15.6. The molecule has 28 heavy (non-hydrogen) atoms. The van der Waals surface area contributed by atoms with Crippen LogP contribution in [0, 0.1) is 5.92 Å². The van der Waals surface area contributed by atoms with Crippen LogP contribution in [0.1, 0.15) is 47.5 Å². The Morgan fingerprint density at radius 1 is 0.714 bits per heavy atom. The van der Waals surface area contributed by atoms with E-state index in [9.17, 15) is 9.59 Å². The maximum atomic E-state index is 10.6. The number of benzene rings is 2. The summed E-state index contributed by atoms with van der Waals surface area (Å²) in [6.45, 7) is 10.7. The van der Waals surface area contributed by atoms with Gasteiger partial charge in [0.1, 0.15) is 0 Å². The van der Waals surface area contributed by atoms with Crippen molar-refractivity contribution in [1.29, 1.82) is 0 Å². The summed E-state index contributed by atoms with van der Waals surface area (Å²) >= 11 is 0. The Labute approximate surface area is 174 Å². The van der Waals surface area contributed by atoms with E-state index in [0.717, 1.165) is 30.6 Å². The van der Waals surface area contributed by atoms with E-state index in [1.54, 1.807) is 0 Å². The molecule has 2 atom stereocenters. The van der Waals surface area contributed by atoms with Crippen molar-refractivity contribution in [3.05, 3.63) is 60.7 Å². The maximum Gasteiger partial charge on any atom is 0.220 e. The van der Waals surface area contributed by atoms with Crippen LogP contribution in [-0.2, 0) is 0 Å². The highest BCUT2D eigenvalue weighted by molar-refractivity contribution is 6.85. The molecule has 0 heterocycles. The van der Waals surface area contributed by atoms with E-state index in [1.165, 1.54) is 16.8 Å². The van der Waals surface area contributed by atoms with Gasteiger partial charge >= 0.3 is 0 Å². The quantitative estimate of drug-likeness (QED) is 0.554. The monoisotopic (exact) mass is 416 g/mol. The van der Waals surface area contributed by atoms with Gasteiger partial charge in [-0.25, -0.2) is 0 Å². The van der Waals surface area contributed by atoms with Gasteiger partial charge in [-0.3, -0.25) is 0 Å². The molecular weight excluding hydrogens is 376 g/mol. The van der Waals surface area contributed by atoms with Gasteiger partial charge in [0.15, 0.2) is 0 Å². The highest BCUT2D eigenvalue weighted by Crippen LogP contribution is 2.18. The molecule has 2 nitrogen and oxygen atoms in total. The van der Waals surface area contributed by atoms with Crippen molar-refractivity contribution < 1.29 is 9.59 Å². The van der Waals surface area contributed by atoms with Crippen molar-refractivity contribution in [2.75, 3.05) is 0 Å². The Hall–Kier alpha value is -1.21. The molecule has 156 valence electrons. The second-order valence-corrected chi connectivity index (χ2v) is 15.8.